The molecule has 4 nitrogen and oxygen atoms in total. The predicted molar refractivity (Wildman–Crippen MR) is 69.1 cm³/mol. The van der Waals surface area contributed by atoms with Crippen LogP contribution in [0.2, 0.25) is 0 Å². The van der Waals surface area contributed by atoms with Gasteiger partial charge in [-0.15, -0.1) is 0 Å². The summed E-state index contributed by atoms with van der Waals surface area (Å²) in [7, 11) is 0. The van der Waals surface area contributed by atoms with Gasteiger partial charge < -0.3 is 9.73 Å². The lowest BCUT2D eigenvalue weighted by Gasteiger charge is -2.05. The molecule has 0 saturated heterocycles. The zero-order valence-electron chi connectivity index (χ0n) is 9.72. The van der Waals surface area contributed by atoms with E-state index < -0.39 is 0 Å². The van der Waals surface area contributed by atoms with E-state index in [1.54, 1.807) is 24.2 Å². The van der Waals surface area contributed by atoms with E-state index in [4.69, 9.17) is 4.42 Å². The van der Waals surface area contributed by atoms with Crippen molar-refractivity contribution in [2.75, 3.05) is 11.9 Å². The highest BCUT2D eigenvalue weighted by Crippen LogP contribution is 2.20. The molecule has 0 saturated carbocycles. The summed E-state index contributed by atoms with van der Waals surface area (Å²) < 4.78 is 5.16. The summed E-state index contributed by atoms with van der Waals surface area (Å²) in [4.78, 5) is 8.37. The molecule has 0 unspecified atom stereocenters. The van der Waals surface area contributed by atoms with Crippen LogP contribution in [0, 0.1) is 0 Å². The first-order valence-corrected chi connectivity index (χ1v) is 6.58. The minimum Gasteiger partial charge on any atom is -0.440 e. The van der Waals surface area contributed by atoms with Crippen LogP contribution in [0.1, 0.15) is 19.0 Å². The van der Waals surface area contributed by atoms with Crippen molar-refractivity contribution < 1.29 is 4.42 Å². The van der Waals surface area contributed by atoms with Gasteiger partial charge in [-0.25, -0.2) is 4.98 Å². The van der Waals surface area contributed by atoms with Crippen LogP contribution in [0.25, 0.3) is 0 Å². The molecule has 0 aliphatic rings. The van der Waals surface area contributed by atoms with Gasteiger partial charge in [-0.05, 0) is 18.6 Å². The van der Waals surface area contributed by atoms with Crippen molar-refractivity contribution in [3.8, 4) is 0 Å². The van der Waals surface area contributed by atoms with E-state index in [0.717, 1.165) is 30.1 Å². The van der Waals surface area contributed by atoms with E-state index in [1.165, 1.54) is 0 Å². The Morgan fingerprint density at radius 1 is 1.35 bits per heavy atom. The molecule has 0 atom stereocenters. The van der Waals surface area contributed by atoms with Gasteiger partial charge in [0.05, 0.1) is 11.9 Å². The SMILES string of the molecule is CCCNc1ccnc(CSc2ncco2)c1. The topological polar surface area (TPSA) is 51.0 Å². The Kier molecular flexibility index (Phi) is 4.44. The van der Waals surface area contributed by atoms with Crippen molar-refractivity contribution in [2.45, 2.75) is 24.3 Å². The Morgan fingerprint density at radius 2 is 2.29 bits per heavy atom. The fourth-order valence-corrected chi connectivity index (χ4v) is 2.04. The summed E-state index contributed by atoms with van der Waals surface area (Å²) in [6.07, 6.45) is 6.16. The minimum atomic E-state index is 0.679. The molecule has 2 aromatic heterocycles. The molecule has 2 aromatic rings. The van der Waals surface area contributed by atoms with Gasteiger partial charge in [0.2, 0.25) is 0 Å². The molecule has 0 amide bonds. The van der Waals surface area contributed by atoms with E-state index in [2.05, 4.69) is 28.3 Å². The van der Waals surface area contributed by atoms with Gasteiger partial charge in [0.15, 0.2) is 0 Å². The number of aromatic nitrogens is 2. The number of hydrogen-bond donors (Lipinski definition) is 1. The predicted octanol–water partition coefficient (Wildman–Crippen LogP) is 3.18. The van der Waals surface area contributed by atoms with Crippen molar-refractivity contribution in [1.82, 2.24) is 9.97 Å². The number of hydrogen-bond acceptors (Lipinski definition) is 5. The maximum absolute atomic E-state index is 5.16. The van der Waals surface area contributed by atoms with Crippen LogP contribution in [-0.4, -0.2) is 16.5 Å². The number of thioether (sulfide) groups is 1. The van der Waals surface area contributed by atoms with Crippen molar-refractivity contribution in [3.63, 3.8) is 0 Å². The van der Waals surface area contributed by atoms with Crippen LogP contribution < -0.4 is 5.32 Å². The molecule has 0 aliphatic heterocycles. The fourth-order valence-electron chi connectivity index (χ4n) is 1.35. The van der Waals surface area contributed by atoms with Gasteiger partial charge in [-0.2, -0.15) is 0 Å². The Labute approximate surface area is 105 Å². The second-order valence-electron chi connectivity index (χ2n) is 3.55. The quantitative estimate of drug-likeness (QED) is 0.797. The smallest absolute Gasteiger partial charge is 0.255 e. The number of oxazole rings is 1. The van der Waals surface area contributed by atoms with E-state index >= 15 is 0 Å². The molecular formula is C12H15N3OS. The minimum absolute atomic E-state index is 0.679. The highest BCUT2D eigenvalue weighted by molar-refractivity contribution is 7.98. The molecule has 90 valence electrons. The van der Waals surface area contributed by atoms with Crippen LogP contribution in [-0.2, 0) is 5.75 Å². The second-order valence-corrected chi connectivity index (χ2v) is 4.48. The van der Waals surface area contributed by atoms with Crippen molar-refractivity contribution in [2.24, 2.45) is 0 Å². The molecule has 5 heteroatoms. The van der Waals surface area contributed by atoms with Crippen LogP contribution in [0.5, 0.6) is 0 Å². The molecule has 0 radical (unpaired) electrons. The zero-order valence-corrected chi connectivity index (χ0v) is 10.5. The molecule has 0 bridgehead atoms. The molecule has 0 spiro atoms. The molecule has 0 aromatic carbocycles. The van der Waals surface area contributed by atoms with E-state index in [9.17, 15) is 0 Å². The Balaban J connectivity index is 1.91. The Hall–Kier alpha value is -1.49. The monoisotopic (exact) mass is 249 g/mol. The maximum atomic E-state index is 5.16. The normalized spacial score (nSPS) is 10.4. The summed E-state index contributed by atoms with van der Waals surface area (Å²) in [5.74, 6) is 0.766. The Bertz CT molecular complexity index is 445. The van der Waals surface area contributed by atoms with Gasteiger partial charge >= 0.3 is 0 Å². The van der Waals surface area contributed by atoms with Crippen LogP contribution >= 0.6 is 11.8 Å². The number of nitrogens with one attached hydrogen (secondary N) is 1. The molecule has 17 heavy (non-hydrogen) atoms. The van der Waals surface area contributed by atoms with Crippen molar-refractivity contribution in [3.05, 3.63) is 36.5 Å². The summed E-state index contributed by atoms with van der Waals surface area (Å²) in [6.45, 7) is 3.13. The van der Waals surface area contributed by atoms with Crippen LogP contribution in [0.4, 0.5) is 5.69 Å². The zero-order chi connectivity index (χ0) is 11.9. The lowest BCUT2D eigenvalue weighted by molar-refractivity contribution is 0.454. The van der Waals surface area contributed by atoms with Gasteiger partial charge in [0.1, 0.15) is 6.26 Å². The molecule has 0 aliphatic carbocycles. The third-order valence-electron chi connectivity index (χ3n) is 2.15. The molecule has 1 N–H and O–H groups in total. The first kappa shape index (κ1) is 12.0. The number of nitrogens with zero attached hydrogens (tertiary/aromatic N) is 2. The summed E-state index contributed by atoms with van der Waals surface area (Å²) >= 11 is 1.54. The van der Waals surface area contributed by atoms with Gasteiger partial charge in [0.25, 0.3) is 5.22 Å². The van der Waals surface area contributed by atoms with Crippen LogP contribution in [0.3, 0.4) is 0 Å². The van der Waals surface area contributed by atoms with Gasteiger partial charge in [0, 0.05) is 24.2 Å². The molecule has 2 rings (SSSR count). The lowest BCUT2D eigenvalue weighted by Crippen LogP contribution is -2.00. The molecular weight excluding hydrogens is 234 g/mol. The van der Waals surface area contributed by atoms with E-state index in [1.807, 2.05) is 12.3 Å². The number of pyridine rings is 1. The Morgan fingerprint density at radius 3 is 3.06 bits per heavy atom. The highest BCUT2D eigenvalue weighted by Gasteiger charge is 2.01. The average Bonchev–Trinajstić information content (AvgIpc) is 2.87. The van der Waals surface area contributed by atoms with Gasteiger partial charge in [-0.3, -0.25) is 4.98 Å². The lowest BCUT2D eigenvalue weighted by atomic mass is 10.3. The largest absolute Gasteiger partial charge is 0.440 e. The van der Waals surface area contributed by atoms with Gasteiger partial charge in [-0.1, -0.05) is 18.7 Å². The average molecular weight is 249 g/mol. The van der Waals surface area contributed by atoms with Crippen molar-refractivity contribution in [1.29, 1.82) is 0 Å². The highest BCUT2D eigenvalue weighted by atomic mass is 32.2. The number of rotatable bonds is 6. The molecule has 0 fully saturated rings. The molecule has 2 heterocycles. The van der Waals surface area contributed by atoms with Crippen LogP contribution in [0.15, 0.2) is 40.4 Å². The maximum Gasteiger partial charge on any atom is 0.255 e. The number of anilines is 1. The summed E-state index contributed by atoms with van der Waals surface area (Å²) in [5.41, 5.74) is 2.14. The third kappa shape index (κ3) is 3.78. The van der Waals surface area contributed by atoms with E-state index in [0.29, 0.717) is 5.22 Å². The standard InChI is InChI=1S/C12H15N3OS/c1-2-4-13-10-3-5-14-11(8-10)9-17-12-15-6-7-16-12/h3,5-8H,2,4,9H2,1H3,(H,13,14). The van der Waals surface area contributed by atoms with Crippen molar-refractivity contribution >= 4 is 17.4 Å². The first-order valence-electron chi connectivity index (χ1n) is 5.59. The summed E-state index contributed by atoms with van der Waals surface area (Å²) in [5, 5.41) is 4.02. The first-order chi connectivity index (χ1) is 8.38. The van der Waals surface area contributed by atoms with E-state index in [-0.39, 0.29) is 0 Å². The third-order valence-corrected chi connectivity index (χ3v) is 3.04. The second kappa shape index (κ2) is 6.30. The summed E-state index contributed by atoms with van der Waals surface area (Å²) in [6, 6.07) is 4.04. The fraction of sp³-hybridized carbons (Fsp3) is 0.333.